The van der Waals surface area contributed by atoms with Gasteiger partial charge in [-0.2, -0.15) is 0 Å². The van der Waals surface area contributed by atoms with E-state index in [4.69, 9.17) is 5.11 Å². The van der Waals surface area contributed by atoms with Gasteiger partial charge in [-0.25, -0.2) is 4.79 Å². The Balaban J connectivity index is 3.00. The summed E-state index contributed by atoms with van der Waals surface area (Å²) in [4.78, 5) is 10.3. The average molecular weight is 154 g/mol. The quantitative estimate of drug-likeness (QED) is 0.610. The number of carboxylic acids is 1. The molecule has 52 valence electrons. The SMILES string of the molecule is O=C(O)c1ccc(P)cc1. The molecular weight excluding hydrogens is 147 g/mol. The summed E-state index contributed by atoms with van der Waals surface area (Å²) in [5, 5.41) is 9.46. The molecular formula is C7H7O2P. The zero-order chi connectivity index (χ0) is 7.56. The molecule has 2 nitrogen and oxygen atoms in total. The molecule has 1 rings (SSSR count). The highest BCUT2D eigenvalue weighted by Crippen LogP contribution is 1.97. The predicted molar refractivity (Wildman–Crippen MR) is 42.7 cm³/mol. The van der Waals surface area contributed by atoms with E-state index in [1.54, 1.807) is 24.3 Å². The van der Waals surface area contributed by atoms with Crippen molar-refractivity contribution in [3.8, 4) is 0 Å². The summed E-state index contributed by atoms with van der Waals surface area (Å²) in [5.41, 5.74) is 0.325. The van der Waals surface area contributed by atoms with Crippen LogP contribution in [-0.2, 0) is 0 Å². The number of hydrogen-bond acceptors (Lipinski definition) is 1. The number of hydrogen-bond donors (Lipinski definition) is 1. The van der Waals surface area contributed by atoms with Gasteiger partial charge in [-0.3, -0.25) is 0 Å². The monoisotopic (exact) mass is 154 g/mol. The Morgan fingerprint density at radius 2 is 1.80 bits per heavy atom. The molecule has 3 heteroatoms. The van der Waals surface area contributed by atoms with Crippen LogP contribution < -0.4 is 5.30 Å². The van der Waals surface area contributed by atoms with Crippen LogP contribution in [0.2, 0.25) is 0 Å². The Hall–Kier alpha value is -0.880. The van der Waals surface area contributed by atoms with Gasteiger partial charge in [0.2, 0.25) is 0 Å². The van der Waals surface area contributed by atoms with Crippen LogP contribution >= 0.6 is 9.24 Å². The maximum absolute atomic E-state index is 10.3. The summed E-state index contributed by atoms with van der Waals surface area (Å²) < 4.78 is 0. The van der Waals surface area contributed by atoms with Crippen LogP contribution in [-0.4, -0.2) is 11.1 Å². The van der Waals surface area contributed by atoms with Gasteiger partial charge in [0.25, 0.3) is 0 Å². The summed E-state index contributed by atoms with van der Waals surface area (Å²) in [5.74, 6) is -0.884. The molecule has 0 fully saturated rings. The number of aromatic carboxylic acids is 1. The molecule has 0 aliphatic carbocycles. The van der Waals surface area contributed by atoms with Crippen LogP contribution in [0.4, 0.5) is 0 Å². The van der Waals surface area contributed by atoms with Crippen molar-refractivity contribution < 1.29 is 9.90 Å². The fourth-order valence-electron chi connectivity index (χ4n) is 0.626. The fraction of sp³-hybridized carbons (Fsp3) is 0. The summed E-state index contributed by atoms with van der Waals surface area (Å²) in [6.07, 6.45) is 0. The molecule has 10 heavy (non-hydrogen) atoms. The van der Waals surface area contributed by atoms with Crippen molar-refractivity contribution >= 4 is 20.5 Å². The molecule has 0 spiro atoms. The van der Waals surface area contributed by atoms with Crippen molar-refractivity contribution in [3.63, 3.8) is 0 Å². The van der Waals surface area contributed by atoms with Crippen LogP contribution in [0.15, 0.2) is 24.3 Å². The molecule has 0 bridgehead atoms. The summed E-state index contributed by atoms with van der Waals surface area (Å²) in [6, 6.07) is 6.64. The van der Waals surface area contributed by atoms with Crippen molar-refractivity contribution in [2.75, 3.05) is 0 Å². The van der Waals surface area contributed by atoms with Crippen LogP contribution in [0.25, 0.3) is 0 Å². The van der Waals surface area contributed by atoms with Crippen molar-refractivity contribution in [1.29, 1.82) is 0 Å². The molecule has 1 atom stereocenters. The molecule has 0 saturated heterocycles. The zero-order valence-electron chi connectivity index (χ0n) is 5.24. The number of carbonyl (C=O) groups is 1. The first-order valence-electron chi connectivity index (χ1n) is 2.79. The molecule has 0 heterocycles. The van der Waals surface area contributed by atoms with Gasteiger partial charge in [0.05, 0.1) is 5.56 Å². The number of benzene rings is 1. The smallest absolute Gasteiger partial charge is 0.335 e. The highest BCUT2D eigenvalue weighted by molar-refractivity contribution is 7.27. The zero-order valence-corrected chi connectivity index (χ0v) is 6.40. The van der Waals surface area contributed by atoms with Crippen LogP contribution in [0.3, 0.4) is 0 Å². The molecule has 1 unspecified atom stereocenters. The second kappa shape index (κ2) is 2.80. The maximum Gasteiger partial charge on any atom is 0.335 e. The van der Waals surface area contributed by atoms with Crippen molar-refractivity contribution in [2.45, 2.75) is 0 Å². The van der Waals surface area contributed by atoms with Crippen molar-refractivity contribution in [2.24, 2.45) is 0 Å². The van der Waals surface area contributed by atoms with E-state index in [1.165, 1.54) is 0 Å². The Morgan fingerprint density at radius 1 is 1.30 bits per heavy atom. The van der Waals surface area contributed by atoms with E-state index in [9.17, 15) is 4.79 Å². The van der Waals surface area contributed by atoms with E-state index < -0.39 is 5.97 Å². The van der Waals surface area contributed by atoms with Gasteiger partial charge in [0.15, 0.2) is 0 Å². The number of carboxylic acid groups (broad SMARTS) is 1. The lowest BCUT2D eigenvalue weighted by atomic mass is 10.2. The van der Waals surface area contributed by atoms with Crippen LogP contribution in [0.1, 0.15) is 10.4 Å². The maximum atomic E-state index is 10.3. The van der Waals surface area contributed by atoms with Gasteiger partial charge in [-0.1, -0.05) is 12.1 Å². The van der Waals surface area contributed by atoms with E-state index in [0.717, 1.165) is 5.30 Å². The van der Waals surface area contributed by atoms with Gasteiger partial charge in [-0.05, 0) is 17.4 Å². The molecule has 1 aromatic rings. The Morgan fingerprint density at radius 3 is 2.20 bits per heavy atom. The van der Waals surface area contributed by atoms with Gasteiger partial charge in [0, 0.05) is 0 Å². The van der Waals surface area contributed by atoms with E-state index in [1.807, 2.05) is 0 Å². The predicted octanol–water partition coefficient (Wildman–Crippen LogP) is 0.885. The lowest BCUT2D eigenvalue weighted by molar-refractivity contribution is 0.0697. The third-order valence-electron chi connectivity index (χ3n) is 1.16. The minimum atomic E-state index is -0.884. The number of rotatable bonds is 1. The first-order valence-corrected chi connectivity index (χ1v) is 3.37. The molecule has 0 aromatic heterocycles. The molecule has 1 N–H and O–H groups in total. The molecule has 1 aromatic carbocycles. The average Bonchev–Trinajstić information content (AvgIpc) is 1.88. The molecule has 0 saturated carbocycles. The van der Waals surface area contributed by atoms with E-state index in [2.05, 4.69) is 9.24 Å². The minimum Gasteiger partial charge on any atom is -0.478 e. The summed E-state index contributed by atoms with van der Waals surface area (Å²) in [6.45, 7) is 0. The highest BCUT2D eigenvalue weighted by Gasteiger charge is 1.98. The Bertz CT molecular complexity index is 240. The minimum absolute atomic E-state index is 0.325. The van der Waals surface area contributed by atoms with Crippen molar-refractivity contribution in [1.82, 2.24) is 0 Å². The Labute approximate surface area is 61.1 Å². The van der Waals surface area contributed by atoms with Crippen LogP contribution in [0, 0.1) is 0 Å². The normalized spacial score (nSPS) is 9.30. The standard InChI is InChI=1S/C7H7O2P/c8-7(9)5-1-3-6(10)4-2-5/h1-4H,10H2,(H,8,9). The molecule has 0 radical (unpaired) electrons. The van der Waals surface area contributed by atoms with Gasteiger partial charge in [-0.15, -0.1) is 9.24 Å². The molecule has 0 aliphatic rings. The largest absolute Gasteiger partial charge is 0.478 e. The third-order valence-corrected chi connectivity index (χ3v) is 1.54. The van der Waals surface area contributed by atoms with Gasteiger partial charge in [0.1, 0.15) is 0 Å². The lowest BCUT2D eigenvalue weighted by Gasteiger charge is -1.92. The van der Waals surface area contributed by atoms with E-state index >= 15 is 0 Å². The topological polar surface area (TPSA) is 37.3 Å². The van der Waals surface area contributed by atoms with E-state index in [-0.39, 0.29) is 0 Å². The fourth-order valence-corrected chi connectivity index (χ4v) is 0.818. The van der Waals surface area contributed by atoms with Crippen molar-refractivity contribution in [3.05, 3.63) is 29.8 Å². The summed E-state index contributed by atoms with van der Waals surface area (Å²) >= 11 is 0. The first kappa shape index (κ1) is 7.23. The second-order valence-electron chi connectivity index (χ2n) is 1.93. The first-order chi connectivity index (χ1) is 4.70. The second-order valence-corrected chi connectivity index (χ2v) is 2.59. The highest BCUT2D eigenvalue weighted by atomic mass is 31.0. The van der Waals surface area contributed by atoms with Gasteiger partial charge < -0.3 is 5.11 Å². The van der Waals surface area contributed by atoms with Gasteiger partial charge >= 0.3 is 5.97 Å². The summed E-state index contributed by atoms with van der Waals surface area (Å²) in [7, 11) is 2.49. The van der Waals surface area contributed by atoms with Crippen LogP contribution in [0.5, 0.6) is 0 Å². The molecule has 0 aliphatic heterocycles. The Kier molecular flexibility index (Phi) is 2.03. The third kappa shape index (κ3) is 1.55. The van der Waals surface area contributed by atoms with E-state index in [0.29, 0.717) is 5.56 Å². The molecule has 0 amide bonds. The lowest BCUT2D eigenvalue weighted by Crippen LogP contribution is -1.98.